The molecule has 0 unspecified atom stereocenters. The zero-order valence-electron chi connectivity index (χ0n) is 13.0. The summed E-state index contributed by atoms with van der Waals surface area (Å²) < 4.78 is 25.7. The van der Waals surface area contributed by atoms with Crippen molar-refractivity contribution in [1.29, 1.82) is 0 Å². The fourth-order valence-electron chi connectivity index (χ4n) is 2.61. The Morgan fingerprint density at radius 3 is 2.59 bits per heavy atom. The highest BCUT2D eigenvalue weighted by Gasteiger charge is 2.17. The third-order valence-corrected chi connectivity index (χ3v) is 4.74. The molecule has 0 N–H and O–H groups in total. The summed E-state index contributed by atoms with van der Waals surface area (Å²) in [6, 6.07) is 5.68. The van der Waals surface area contributed by atoms with Crippen molar-refractivity contribution in [2.24, 2.45) is 7.05 Å². The van der Waals surface area contributed by atoms with E-state index >= 15 is 0 Å². The molecule has 0 amide bonds. The van der Waals surface area contributed by atoms with E-state index in [0.717, 1.165) is 22.2 Å². The van der Waals surface area contributed by atoms with E-state index in [1.807, 2.05) is 43.1 Å². The zero-order valence-corrected chi connectivity index (χ0v) is 13.8. The Morgan fingerprint density at radius 1 is 1.18 bits per heavy atom. The molecule has 0 atom stereocenters. The van der Waals surface area contributed by atoms with Gasteiger partial charge in [-0.3, -0.25) is 0 Å². The SMILES string of the molecule is Cc1cnc2c(c1)c(-c1ccc(C)c(S(C)(=O)=O)n1)cn2C. The van der Waals surface area contributed by atoms with E-state index in [9.17, 15) is 8.42 Å². The molecule has 0 saturated heterocycles. The van der Waals surface area contributed by atoms with Crippen LogP contribution in [0.1, 0.15) is 11.1 Å². The van der Waals surface area contributed by atoms with Gasteiger partial charge in [0.2, 0.25) is 0 Å². The van der Waals surface area contributed by atoms with Gasteiger partial charge in [0.15, 0.2) is 14.9 Å². The molecular weight excluding hydrogens is 298 g/mol. The van der Waals surface area contributed by atoms with Crippen LogP contribution in [0.2, 0.25) is 0 Å². The van der Waals surface area contributed by atoms with E-state index in [1.54, 1.807) is 13.0 Å². The molecule has 0 aromatic carbocycles. The van der Waals surface area contributed by atoms with E-state index in [-0.39, 0.29) is 5.03 Å². The van der Waals surface area contributed by atoms with Crippen LogP contribution in [-0.2, 0) is 16.9 Å². The van der Waals surface area contributed by atoms with Crippen LogP contribution in [0.4, 0.5) is 0 Å². The molecule has 3 aromatic heterocycles. The van der Waals surface area contributed by atoms with Crippen LogP contribution in [0.3, 0.4) is 0 Å². The molecule has 0 fully saturated rings. The average molecular weight is 315 g/mol. The predicted molar refractivity (Wildman–Crippen MR) is 86.5 cm³/mol. The third-order valence-electron chi connectivity index (χ3n) is 3.63. The topological polar surface area (TPSA) is 64.8 Å². The molecule has 0 aliphatic rings. The summed E-state index contributed by atoms with van der Waals surface area (Å²) in [6.45, 7) is 3.73. The molecule has 3 heterocycles. The second kappa shape index (κ2) is 4.91. The van der Waals surface area contributed by atoms with Gasteiger partial charge < -0.3 is 4.57 Å². The maximum absolute atomic E-state index is 11.9. The van der Waals surface area contributed by atoms with E-state index in [2.05, 4.69) is 9.97 Å². The minimum absolute atomic E-state index is 0.127. The van der Waals surface area contributed by atoms with Crippen LogP contribution in [0.5, 0.6) is 0 Å². The van der Waals surface area contributed by atoms with Crippen molar-refractivity contribution >= 4 is 20.9 Å². The van der Waals surface area contributed by atoms with Gasteiger partial charge in [0.25, 0.3) is 0 Å². The Hall–Kier alpha value is -2.21. The molecule has 3 aromatic rings. The van der Waals surface area contributed by atoms with E-state index < -0.39 is 9.84 Å². The number of hydrogen-bond acceptors (Lipinski definition) is 4. The number of aryl methyl sites for hydroxylation is 3. The van der Waals surface area contributed by atoms with Crippen LogP contribution in [0, 0.1) is 13.8 Å². The highest BCUT2D eigenvalue weighted by molar-refractivity contribution is 7.90. The van der Waals surface area contributed by atoms with Gasteiger partial charge in [-0.05, 0) is 37.1 Å². The largest absolute Gasteiger partial charge is 0.335 e. The second-order valence-corrected chi connectivity index (χ2v) is 7.56. The Labute approximate surface area is 129 Å². The van der Waals surface area contributed by atoms with Gasteiger partial charge in [-0.2, -0.15) is 0 Å². The molecule has 0 aliphatic carbocycles. The maximum atomic E-state index is 11.9. The van der Waals surface area contributed by atoms with Crippen molar-refractivity contribution in [3.8, 4) is 11.3 Å². The first kappa shape index (κ1) is 14.7. The predicted octanol–water partition coefficient (Wildman–Crippen LogP) is 2.66. The van der Waals surface area contributed by atoms with Gasteiger partial charge in [-0.25, -0.2) is 18.4 Å². The van der Waals surface area contributed by atoms with Crippen molar-refractivity contribution in [3.63, 3.8) is 0 Å². The molecule has 0 spiro atoms. The minimum atomic E-state index is -3.35. The van der Waals surface area contributed by atoms with Crippen LogP contribution in [0.15, 0.2) is 35.6 Å². The number of pyridine rings is 2. The molecule has 5 nitrogen and oxygen atoms in total. The van der Waals surface area contributed by atoms with Crippen molar-refractivity contribution in [2.45, 2.75) is 18.9 Å². The number of nitrogens with zero attached hydrogens (tertiary/aromatic N) is 3. The Balaban J connectivity index is 2.31. The standard InChI is InChI=1S/C16H17N3O2S/c1-10-7-12-13(9-19(3)15(12)17-8-10)14-6-5-11(2)16(18-14)22(4,20)21/h5-9H,1-4H3. The van der Waals surface area contributed by atoms with Crippen molar-refractivity contribution in [3.05, 3.63) is 41.7 Å². The molecule has 114 valence electrons. The van der Waals surface area contributed by atoms with E-state index in [4.69, 9.17) is 0 Å². The number of sulfone groups is 1. The number of aromatic nitrogens is 3. The number of fused-ring (bicyclic) bond motifs is 1. The lowest BCUT2D eigenvalue weighted by Gasteiger charge is -2.06. The van der Waals surface area contributed by atoms with Gasteiger partial charge in [0, 0.05) is 36.6 Å². The van der Waals surface area contributed by atoms with Gasteiger partial charge in [0.05, 0.1) is 5.69 Å². The maximum Gasteiger partial charge on any atom is 0.193 e. The average Bonchev–Trinajstić information content (AvgIpc) is 2.75. The number of hydrogen-bond donors (Lipinski definition) is 0. The third kappa shape index (κ3) is 2.39. The van der Waals surface area contributed by atoms with E-state index in [0.29, 0.717) is 11.3 Å². The van der Waals surface area contributed by atoms with Crippen molar-refractivity contribution in [1.82, 2.24) is 14.5 Å². The lowest BCUT2D eigenvalue weighted by molar-refractivity contribution is 0.597. The highest BCUT2D eigenvalue weighted by Crippen LogP contribution is 2.29. The van der Waals surface area contributed by atoms with Gasteiger partial charge in [-0.1, -0.05) is 6.07 Å². The van der Waals surface area contributed by atoms with E-state index in [1.165, 1.54) is 6.26 Å². The van der Waals surface area contributed by atoms with Crippen LogP contribution < -0.4 is 0 Å². The summed E-state index contributed by atoms with van der Waals surface area (Å²) in [4.78, 5) is 8.81. The summed E-state index contributed by atoms with van der Waals surface area (Å²) in [5.41, 5.74) is 4.09. The normalized spacial score (nSPS) is 12.0. The second-order valence-electron chi connectivity index (χ2n) is 5.63. The fourth-order valence-corrected chi connectivity index (χ4v) is 3.52. The molecule has 6 heteroatoms. The quantitative estimate of drug-likeness (QED) is 0.729. The molecular formula is C16H17N3O2S. The lowest BCUT2D eigenvalue weighted by atomic mass is 10.1. The summed E-state index contributed by atoms with van der Waals surface area (Å²) >= 11 is 0. The summed E-state index contributed by atoms with van der Waals surface area (Å²) in [5.74, 6) is 0. The first-order valence-electron chi connectivity index (χ1n) is 6.87. The fraction of sp³-hybridized carbons (Fsp3) is 0.250. The summed E-state index contributed by atoms with van der Waals surface area (Å²) in [7, 11) is -1.44. The monoisotopic (exact) mass is 315 g/mol. The first-order valence-corrected chi connectivity index (χ1v) is 8.76. The Morgan fingerprint density at radius 2 is 1.91 bits per heavy atom. The molecule has 0 radical (unpaired) electrons. The summed E-state index contributed by atoms with van der Waals surface area (Å²) in [5, 5.41) is 1.10. The highest BCUT2D eigenvalue weighted by atomic mass is 32.2. The zero-order chi connectivity index (χ0) is 16.1. The van der Waals surface area contributed by atoms with Gasteiger partial charge in [-0.15, -0.1) is 0 Å². The van der Waals surface area contributed by atoms with Gasteiger partial charge in [0.1, 0.15) is 5.65 Å². The summed E-state index contributed by atoms with van der Waals surface area (Å²) in [6.07, 6.45) is 4.93. The smallest absolute Gasteiger partial charge is 0.193 e. The number of rotatable bonds is 2. The van der Waals surface area contributed by atoms with Crippen LogP contribution >= 0.6 is 0 Å². The molecule has 0 saturated carbocycles. The Bertz CT molecular complexity index is 988. The van der Waals surface area contributed by atoms with Crippen LogP contribution in [-0.4, -0.2) is 29.2 Å². The minimum Gasteiger partial charge on any atom is -0.335 e. The Kier molecular flexibility index (Phi) is 3.29. The van der Waals surface area contributed by atoms with Gasteiger partial charge >= 0.3 is 0 Å². The molecule has 22 heavy (non-hydrogen) atoms. The lowest BCUT2D eigenvalue weighted by Crippen LogP contribution is -2.04. The van der Waals surface area contributed by atoms with Crippen LogP contribution in [0.25, 0.3) is 22.3 Å². The van der Waals surface area contributed by atoms with Crippen molar-refractivity contribution in [2.75, 3.05) is 6.26 Å². The molecule has 0 aliphatic heterocycles. The van der Waals surface area contributed by atoms with Crippen molar-refractivity contribution < 1.29 is 8.42 Å². The molecule has 0 bridgehead atoms. The molecule has 3 rings (SSSR count). The first-order chi connectivity index (χ1) is 10.3.